The Hall–Kier alpha value is -1.85. The van der Waals surface area contributed by atoms with Crippen LogP contribution in [0.5, 0.6) is 0 Å². The van der Waals surface area contributed by atoms with Crippen LogP contribution >= 0.6 is 11.6 Å². The topological polar surface area (TPSA) is 71.3 Å². The molecule has 1 aliphatic rings. The number of aryl methyl sites for hydroxylation is 1. The molecule has 142 valence electrons. The molecule has 26 heavy (non-hydrogen) atoms. The number of anilines is 1. The summed E-state index contributed by atoms with van der Waals surface area (Å²) in [4.78, 5) is 8.96. The molecule has 0 bridgehead atoms. The van der Waals surface area contributed by atoms with Crippen LogP contribution in [0.25, 0.3) is 0 Å². The number of aromatic nitrogens is 3. The van der Waals surface area contributed by atoms with Gasteiger partial charge >= 0.3 is 6.18 Å². The van der Waals surface area contributed by atoms with Crippen LogP contribution in [0, 0.1) is 0 Å². The number of imidazole rings is 1. The lowest BCUT2D eigenvalue weighted by Gasteiger charge is -2.35. The molecule has 0 radical (unpaired) electrons. The number of alkyl halides is 3. The Morgan fingerprint density at radius 3 is 2.35 bits per heavy atom. The zero-order valence-electron chi connectivity index (χ0n) is 13.6. The number of sulfonamides is 1. The van der Waals surface area contributed by atoms with E-state index in [1.54, 1.807) is 11.9 Å². The summed E-state index contributed by atoms with van der Waals surface area (Å²) in [6.07, 6.45) is -1.94. The predicted molar refractivity (Wildman–Crippen MR) is 88.4 cm³/mol. The number of pyridine rings is 1. The van der Waals surface area contributed by atoms with E-state index in [0.29, 0.717) is 0 Å². The summed E-state index contributed by atoms with van der Waals surface area (Å²) >= 11 is 5.99. The van der Waals surface area contributed by atoms with Crippen LogP contribution in [0.2, 0.25) is 5.02 Å². The van der Waals surface area contributed by atoms with Gasteiger partial charge in [-0.15, -0.1) is 0 Å². The molecular formula is C14H15ClF3N5O2S. The fraction of sp³-hybridized carbons (Fsp3) is 0.429. The lowest BCUT2D eigenvalue weighted by Crippen LogP contribution is -2.49. The second kappa shape index (κ2) is 6.71. The second-order valence-corrected chi connectivity index (χ2v) is 8.03. The van der Waals surface area contributed by atoms with Crippen LogP contribution in [-0.2, 0) is 23.2 Å². The Bertz CT molecular complexity index is 908. The van der Waals surface area contributed by atoms with Gasteiger partial charge in [0.25, 0.3) is 10.0 Å². The van der Waals surface area contributed by atoms with E-state index in [1.807, 2.05) is 0 Å². The van der Waals surface area contributed by atoms with Crippen molar-refractivity contribution in [1.29, 1.82) is 0 Å². The molecule has 0 saturated carbocycles. The van der Waals surface area contributed by atoms with Gasteiger partial charge < -0.3 is 9.47 Å². The molecule has 0 spiro atoms. The number of halogens is 4. The quantitative estimate of drug-likeness (QED) is 0.775. The van der Waals surface area contributed by atoms with Gasteiger partial charge in [0, 0.05) is 33.2 Å². The highest BCUT2D eigenvalue weighted by atomic mass is 35.5. The molecular weight excluding hydrogens is 395 g/mol. The summed E-state index contributed by atoms with van der Waals surface area (Å²) in [5.41, 5.74) is -1.04. The van der Waals surface area contributed by atoms with Gasteiger partial charge in [0.15, 0.2) is 5.03 Å². The molecule has 0 aliphatic carbocycles. The SMILES string of the molecule is Cn1cncc1S(=O)(=O)N1CCN(c2nc(C(F)(F)F)ccc2Cl)CC1. The third-order valence-corrected chi connectivity index (χ3v) is 6.29. The summed E-state index contributed by atoms with van der Waals surface area (Å²) < 4.78 is 66.5. The highest BCUT2D eigenvalue weighted by molar-refractivity contribution is 7.89. The molecule has 0 aromatic carbocycles. The molecule has 12 heteroatoms. The maximum absolute atomic E-state index is 12.9. The van der Waals surface area contributed by atoms with Crippen molar-refractivity contribution in [3.05, 3.63) is 35.4 Å². The number of nitrogens with zero attached hydrogens (tertiary/aromatic N) is 5. The standard InChI is InChI=1S/C14H15ClF3N5O2S/c1-21-9-19-8-12(21)26(24,25)23-6-4-22(5-7-23)13-10(15)2-3-11(20-13)14(16,17)18/h2-3,8-9H,4-7H2,1H3. The van der Waals surface area contributed by atoms with Gasteiger partial charge in [-0.3, -0.25) is 0 Å². The lowest BCUT2D eigenvalue weighted by atomic mass is 10.3. The monoisotopic (exact) mass is 409 g/mol. The van der Waals surface area contributed by atoms with Crippen molar-refractivity contribution in [2.45, 2.75) is 11.2 Å². The number of hydrogen-bond acceptors (Lipinski definition) is 5. The van der Waals surface area contributed by atoms with E-state index in [0.717, 1.165) is 12.1 Å². The lowest BCUT2D eigenvalue weighted by molar-refractivity contribution is -0.141. The van der Waals surface area contributed by atoms with Crippen molar-refractivity contribution in [2.24, 2.45) is 7.05 Å². The molecule has 7 nitrogen and oxygen atoms in total. The molecule has 2 aromatic heterocycles. The van der Waals surface area contributed by atoms with Crippen LogP contribution in [0.4, 0.5) is 19.0 Å². The molecule has 1 saturated heterocycles. The number of piperazine rings is 1. The van der Waals surface area contributed by atoms with Gasteiger partial charge in [-0.05, 0) is 12.1 Å². The summed E-state index contributed by atoms with van der Waals surface area (Å²) in [6, 6.07) is 1.96. The molecule has 0 atom stereocenters. The van der Waals surface area contributed by atoms with Crippen molar-refractivity contribution >= 4 is 27.4 Å². The van der Waals surface area contributed by atoms with Crippen LogP contribution in [0.1, 0.15) is 5.69 Å². The van der Waals surface area contributed by atoms with Crippen LogP contribution in [-0.4, -0.2) is 53.4 Å². The Kier molecular flexibility index (Phi) is 4.88. The third kappa shape index (κ3) is 3.51. The van der Waals surface area contributed by atoms with Crippen molar-refractivity contribution in [1.82, 2.24) is 18.8 Å². The van der Waals surface area contributed by atoms with Crippen molar-refractivity contribution < 1.29 is 21.6 Å². The molecule has 0 amide bonds. The third-order valence-electron chi connectivity index (χ3n) is 4.03. The minimum absolute atomic E-state index is 0.000858. The summed E-state index contributed by atoms with van der Waals surface area (Å²) in [5, 5.41) is 0.141. The fourth-order valence-electron chi connectivity index (χ4n) is 2.68. The zero-order valence-corrected chi connectivity index (χ0v) is 15.2. The van der Waals surface area contributed by atoms with Gasteiger partial charge in [0.2, 0.25) is 0 Å². The normalized spacial score (nSPS) is 16.9. The predicted octanol–water partition coefficient (Wildman–Crippen LogP) is 2.00. The number of rotatable bonds is 3. The average Bonchev–Trinajstić information content (AvgIpc) is 3.01. The Morgan fingerprint density at radius 1 is 1.15 bits per heavy atom. The zero-order chi connectivity index (χ0) is 19.1. The van der Waals surface area contributed by atoms with Crippen LogP contribution in [0.3, 0.4) is 0 Å². The number of hydrogen-bond donors (Lipinski definition) is 0. The first-order valence-electron chi connectivity index (χ1n) is 7.56. The fourth-order valence-corrected chi connectivity index (χ4v) is 4.42. The highest BCUT2D eigenvalue weighted by Gasteiger charge is 2.35. The van der Waals surface area contributed by atoms with E-state index in [9.17, 15) is 21.6 Å². The minimum atomic E-state index is -4.58. The Balaban J connectivity index is 1.78. The first kappa shape index (κ1) is 18.9. The maximum atomic E-state index is 12.9. The highest BCUT2D eigenvalue weighted by Crippen LogP contribution is 2.33. The average molecular weight is 410 g/mol. The molecule has 2 aromatic rings. The maximum Gasteiger partial charge on any atom is 0.433 e. The largest absolute Gasteiger partial charge is 0.433 e. The van der Waals surface area contributed by atoms with E-state index in [-0.39, 0.29) is 42.0 Å². The summed E-state index contributed by atoms with van der Waals surface area (Å²) in [7, 11) is -2.15. The van der Waals surface area contributed by atoms with Crippen molar-refractivity contribution in [3.63, 3.8) is 0 Å². The van der Waals surface area contributed by atoms with E-state index in [2.05, 4.69) is 9.97 Å². The molecule has 3 rings (SSSR count). The smallest absolute Gasteiger partial charge is 0.353 e. The van der Waals surface area contributed by atoms with E-state index < -0.39 is 21.9 Å². The van der Waals surface area contributed by atoms with E-state index in [1.165, 1.54) is 21.4 Å². The molecule has 0 N–H and O–H groups in total. The van der Waals surface area contributed by atoms with Gasteiger partial charge in [0.1, 0.15) is 11.5 Å². The second-order valence-electron chi connectivity index (χ2n) is 5.73. The van der Waals surface area contributed by atoms with Crippen LogP contribution < -0.4 is 4.90 Å². The van der Waals surface area contributed by atoms with Crippen molar-refractivity contribution in [2.75, 3.05) is 31.1 Å². The minimum Gasteiger partial charge on any atom is -0.353 e. The van der Waals surface area contributed by atoms with Gasteiger partial charge in [-0.2, -0.15) is 17.5 Å². The van der Waals surface area contributed by atoms with Gasteiger partial charge in [0.05, 0.1) is 17.5 Å². The van der Waals surface area contributed by atoms with Gasteiger partial charge in [-0.25, -0.2) is 18.4 Å². The van der Waals surface area contributed by atoms with E-state index >= 15 is 0 Å². The van der Waals surface area contributed by atoms with Crippen LogP contribution in [0.15, 0.2) is 29.7 Å². The molecule has 1 aliphatic heterocycles. The van der Waals surface area contributed by atoms with E-state index in [4.69, 9.17) is 11.6 Å². The first-order valence-corrected chi connectivity index (χ1v) is 9.37. The summed E-state index contributed by atoms with van der Waals surface area (Å²) in [6.45, 7) is 0.541. The first-order chi connectivity index (χ1) is 12.1. The van der Waals surface area contributed by atoms with Crippen molar-refractivity contribution in [3.8, 4) is 0 Å². The Labute approximate surface area is 153 Å². The molecule has 0 unspecified atom stereocenters. The van der Waals surface area contributed by atoms with Gasteiger partial charge in [-0.1, -0.05) is 11.6 Å². The molecule has 3 heterocycles. The summed E-state index contributed by atoms with van der Waals surface area (Å²) in [5.74, 6) is -0.000858. The Morgan fingerprint density at radius 2 is 1.81 bits per heavy atom. The molecule has 1 fully saturated rings.